The number of halogens is 2. The molecule has 1 heterocycles. The molecule has 6 nitrogen and oxygen atoms in total. The highest BCUT2D eigenvalue weighted by molar-refractivity contribution is 6.38. The number of hydrazone groups is 2. The van der Waals surface area contributed by atoms with E-state index in [-0.39, 0.29) is 24.2 Å². The highest BCUT2D eigenvalue weighted by Crippen LogP contribution is 2.22. The van der Waals surface area contributed by atoms with Gasteiger partial charge in [-0.15, -0.1) is 0 Å². The fourth-order valence-corrected chi connectivity index (χ4v) is 2.46. The van der Waals surface area contributed by atoms with Crippen molar-refractivity contribution < 1.29 is 9.59 Å². The first-order valence-electron chi connectivity index (χ1n) is 6.59. The zero-order valence-electron chi connectivity index (χ0n) is 11.8. The fourth-order valence-electron chi connectivity index (χ4n) is 1.96. The Morgan fingerprint density at radius 3 is 2.73 bits per heavy atom. The minimum absolute atomic E-state index is 0.165. The maximum absolute atomic E-state index is 11.7. The van der Waals surface area contributed by atoms with Crippen LogP contribution in [0.4, 0.5) is 0 Å². The van der Waals surface area contributed by atoms with Gasteiger partial charge >= 0.3 is 0 Å². The number of rotatable bonds is 5. The maximum Gasteiger partial charge on any atom is 0.248 e. The minimum atomic E-state index is -0.354. The first-order chi connectivity index (χ1) is 10.5. The Hall–Kier alpha value is -1.92. The number of nitrogens with one attached hydrogen (secondary N) is 2. The predicted octanol–water partition coefficient (Wildman–Crippen LogP) is 2.35. The number of carbonyl (C=O) groups excluding carboxylic acids is 2. The number of nitrogens with zero attached hydrogens (tertiary/aromatic N) is 2. The van der Waals surface area contributed by atoms with Gasteiger partial charge < -0.3 is 0 Å². The number of benzene rings is 1. The van der Waals surface area contributed by atoms with Gasteiger partial charge in [-0.3, -0.25) is 9.59 Å². The average Bonchev–Trinajstić information content (AvgIpc) is 2.79. The lowest BCUT2D eigenvalue weighted by molar-refractivity contribution is -0.123. The first kappa shape index (κ1) is 16.5. The van der Waals surface area contributed by atoms with Crippen molar-refractivity contribution >= 4 is 46.9 Å². The number of amides is 2. The van der Waals surface area contributed by atoms with E-state index in [0.717, 1.165) is 0 Å². The third-order valence-corrected chi connectivity index (χ3v) is 3.87. The molecule has 22 heavy (non-hydrogen) atoms. The summed E-state index contributed by atoms with van der Waals surface area (Å²) in [6.45, 7) is 1.75. The van der Waals surface area contributed by atoms with Crippen LogP contribution in [0.15, 0.2) is 28.4 Å². The molecule has 0 aromatic heterocycles. The van der Waals surface area contributed by atoms with Crippen LogP contribution >= 0.6 is 23.2 Å². The summed E-state index contributed by atoms with van der Waals surface area (Å²) in [6, 6.07) is 5.08. The highest BCUT2D eigenvalue weighted by atomic mass is 35.5. The van der Waals surface area contributed by atoms with Crippen LogP contribution < -0.4 is 10.9 Å². The first-order valence-corrected chi connectivity index (χ1v) is 7.34. The molecule has 1 atom stereocenters. The van der Waals surface area contributed by atoms with E-state index >= 15 is 0 Å². The van der Waals surface area contributed by atoms with Crippen molar-refractivity contribution in [3.63, 3.8) is 0 Å². The second-order valence-corrected chi connectivity index (χ2v) is 5.56. The summed E-state index contributed by atoms with van der Waals surface area (Å²) >= 11 is 12.0. The van der Waals surface area contributed by atoms with Crippen LogP contribution in [0.3, 0.4) is 0 Å². The van der Waals surface area contributed by atoms with E-state index in [1.807, 2.05) is 0 Å². The Kier molecular flexibility index (Phi) is 5.51. The van der Waals surface area contributed by atoms with E-state index in [1.54, 1.807) is 25.1 Å². The van der Waals surface area contributed by atoms with Crippen molar-refractivity contribution in [3.8, 4) is 0 Å². The standard InChI is InChI=1S/C14H14Cl2N4O2/c1-8-9(14(22)20-18-8)5-6-13(21)19-17-7-10-11(15)3-2-4-12(10)16/h2-4,7,9H,5-6H2,1H3,(H,19,21)(H,20,22)/b17-7-/t9-/m0/s1. The van der Waals surface area contributed by atoms with Crippen LogP contribution in [0.1, 0.15) is 25.3 Å². The number of hydrogen-bond acceptors (Lipinski definition) is 4. The van der Waals surface area contributed by atoms with E-state index in [0.29, 0.717) is 27.7 Å². The summed E-state index contributed by atoms with van der Waals surface area (Å²) in [5, 5.41) is 8.54. The molecular weight excluding hydrogens is 327 g/mol. The molecular formula is C14H14Cl2N4O2. The van der Waals surface area contributed by atoms with Gasteiger partial charge in [0.25, 0.3) is 0 Å². The van der Waals surface area contributed by atoms with Crippen molar-refractivity contribution in [2.24, 2.45) is 16.1 Å². The zero-order chi connectivity index (χ0) is 16.1. The van der Waals surface area contributed by atoms with E-state index < -0.39 is 0 Å². The van der Waals surface area contributed by atoms with Gasteiger partial charge in [0.1, 0.15) is 0 Å². The van der Waals surface area contributed by atoms with E-state index in [4.69, 9.17) is 23.2 Å². The van der Waals surface area contributed by atoms with Gasteiger partial charge in [0.15, 0.2) is 0 Å². The van der Waals surface area contributed by atoms with Gasteiger partial charge in [-0.1, -0.05) is 29.3 Å². The molecule has 0 saturated heterocycles. The molecule has 0 bridgehead atoms. The zero-order valence-corrected chi connectivity index (χ0v) is 13.3. The van der Waals surface area contributed by atoms with Crippen molar-refractivity contribution in [1.82, 2.24) is 10.9 Å². The molecule has 0 fully saturated rings. The molecule has 0 spiro atoms. The molecule has 0 saturated carbocycles. The summed E-state index contributed by atoms with van der Waals surface area (Å²) in [4.78, 5) is 23.2. The average molecular weight is 341 g/mol. The van der Waals surface area contributed by atoms with Gasteiger partial charge in [0.05, 0.1) is 22.2 Å². The minimum Gasteiger partial charge on any atom is -0.273 e. The van der Waals surface area contributed by atoms with Crippen LogP contribution in [0.25, 0.3) is 0 Å². The Bertz CT molecular complexity index is 638. The summed E-state index contributed by atoms with van der Waals surface area (Å²) in [6.07, 6.45) is 1.94. The maximum atomic E-state index is 11.7. The molecule has 0 radical (unpaired) electrons. The Morgan fingerprint density at radius 2 is 2.14 bits per heavy atom. The monoisotopic (exact) mass is 340 g/mol. The molecule has 1 aliphatic heterocycles. The SMILES string of the molecule is CC1=NNC(=O)[C@H]1CCC(=O)N/N=C\c1c(Cl)cccc1Cl. The second-order valence-electron chi connectivity index (χ2n) is 4.75. The molecule has 1 aliphatic rings. The lowest BCUT2D eigenvalue weighted by Gasteiger charge is -2.06. The fraction of sp³-hybridized carbons (Fsp3) is 0.286. The third-order valence-electron chi connectivity index (χ3n) is 3.21. The quantitative estimate of drug-likeness (QED) is 0.637. The van der Waals surface area contributed by atoms with Crippen LogP contribution in [0.5, 0.6) is 0 Å². The van der Waals surface area contributed by atoms with Crippen LogP contribution in [0.2, 0.25) is 10.0 Å². The summed E-state index contributed by atoms with van der Waals surface area (Å²) < 4.78 is 0. The molecule has 116 valence electrons. The molecule has 2 N–H and O–H groups in total. The summed E-state index contributed by atoms with van der Waals surface area (Å²) in [7, 11) is 0. The van der Waals surface area contributed by atoms with Crippen molar-refractivity contribution in [2.45, 2.75) is 19.8 Å². The lowest BCUT2D eigenvalue weighted by Crippen LogP contribution is -2.25. The topological polar surface area (TPSA) is 82.9 Å². The van der Waals surface area contributed by atoms with Gasteiger partial charge in [-0.25, -0.2) is 10.9 Å². The number of hydrogen-bond donors (Lipinski definition) is 2. The van der Waals surface area contributed by atoms with Gasteiger partial charge in [0.2, 0.25) is 11.8 Å². The molecule has 1 aromatic carbocycles. The van der Waals surface area contributed by atoms with E-state index in [1.165, 1.54) is 6.21 Å². The van der Waals surface area contributed by atoms with Gasteiger partial charge in [-0.2, -0.15) is 10.2 Å². The molecule has 0 unspecified atom stereocenters. The molecule has 0 aliphatic carbocycles. The smallest absolute Gasteiger partial charge is 0.248 e. The van der Waals surface area contributed by atoms with Crippen molar-refractivity contribution in [2.75, 3.05) is 0 Å². The third kappa shape index (κ3) is 4.05. The Morgan fingerprint density at radius 1 is 1.45 bits per heavy atom. The number of carbonyl (C=O) groups is 2. The summed E-state index contributed by atoms with van der Waals surface area (Å²) in [5.41, 5.74) is 5.98. The second kappa shape index (κ2) is 7.38. The normalized spacial score (nSPS) is 17.5. The highest BCUT2D eigenvalue weighted by Gasteiger charge is 2.26. The van der Waals surface area contributed by atoms with Gasteiger partial charge in [0, 0.05) is 17.7 Å². The van der Waals surface area contributed by atoms with Crippen molar-refractivity contribution in [1.29, 1.82) is 0 Å². The van der Waals surface area contributed by atoms with E-state index in [9.17, 15) is 9.59 Å². The largest absolute Gasteiger partial charge is 0.273 e. The van der Waals surface area contributed by atoms with Crippen molar-refractivity contribution in [3.05, 3.63) is 33.8 Å². The molecule has 2 amide bonds. The van der Waals surface area contributed by atoms with E-state index in [2.05, 4.69) is 21.1 Å². The van der Waals surface area contributed by atoms with Crippen LogP contribution in [-0.2, 0) is 9.59 Å². The van der Waals surface area contributed by atoms with Crippen LogP contribution in [0, 0.1) is 5.92 Å². The predicted molar refractivity (Wildman–Crippen MR) is 86.2 cm³/mol. The lowest BCUT2D eigenvalue weighted by atomic mass is 9.99. The summed E-state index contributed by atoms with van der Waals surface area (Å²) in [5.74, 6) is -0.837. The Labute approximate surface area is 137 Å². The van der Waals surface area contributed by atoms with Crippen LogP contribution in [-0.4, -0.2) is 23.7 Å². The Balaban J connectivity index is 1.84. The van der Waals surface area contributed by atoms with Gasteiger partial charge in [-0.05, 0) is 25.5 Å². The molecule has 1 aromatic rings. The molecule has 2 rings (SSSR count). The molecule has 8 heteroatoms.